The molecule has 9 heteroatoms. The van der Waals surface area contributed by atoms with Gasteiger partial charge in [-0.3, -0.25) is 4.79 Å². The first-order valence-electron chi connectivity index (χ1n) is 6.17. The van der Waals surface area contributed by atoms with Gasteiger partial charge in [-0.2, -0.15) is 13.2 Å². The fraction of sp³-hybridized carbons (Fsp3) is 0.0667. The van der Waals surface area contributed by atoms with Crippen molar-refractivity contribution in [3.05, 3.63) is 62.9 Å². The summed E-state index contributed by atoms with van der Waals surface area (Å²) in [6.07, 6.45) is -4.74. The third-order valence-corrected chi connectivity index (χ3v) is 3.38. The molecule has 24 heavy (non-hydrogen) atoms. The number of esters is 1. The minimum atomic E-state index is -4.98. The lowest BCUT2D eigenvalue weighted by Gasteiger charge is -2.14. The van der Waals surface area contributed by atoms with Crippen LogP contribution in [0.3, 0.4) is 0 Å². The van der Waals surface area contributed by atoms with Crippen molar-refractivity contribution in [2.24, 2.45) is 0 Å². The van der Waals surface area contributed by atoms with Gasteiger partial charge in [0.25, 0.3) is 0 Å². The van der Waals surface area contributed by atoms with Gasteiger partial charge in [-0.15, -0.1) is 0 Å². The van der Waals surface area contributed by atoms with E-state index in [1.54, 1.807) is 0 Å². The molecule has 0 spiro atoms. The number of ether oxygens (including phenoxy) is 1. The van der Waals surface area contributed by atoms with E-state index in [1.165, 1.54) is 0 Å². The second kappa shape index (κ2) is 6.78. The maximum absolute atomic E-state index is 13.8. The third-order valence-electron chi connectivity index (χ3n) is 2.88. The van der Waals surface area contributed by atoms with Crippen LogP contribution in [0.1, 0.15) is 26.3 Å². The lowest BCUT2D eigenvalue weighted by Crippen LogP contribution is -2.19. The van der Waals surface area contributed by atoms with Gasteiger partial charge in [-0.1, -0.05) is 29.3 Å². The van der Waals surface area contributed by atoms with E-state index >= 15 is 0 Å². The molecule has 0 radical (unpaired) electrons. The summed E-state index contributed by atoms with van der Waals surface area (Å²) in [5.41, 5.74) is -3.09. The van der Waals surface area contributed by atoms with E-state index < -0.39 is 34.8 Å². The van der Waals surface area contributed by atoms with Gasteiger partial charge in [-0.05, 0) is 24.3 Å². The predicted octanol–water partition coefficient (Wildman–Crippen LogP) is 5.18. The highest BCUT2D eigenvalue weighted by molar-refractivity contribution is 6.36. The molecule has 2 aromatic carbocycles. The average Bonchev–Trinajstić information content (AvgIpc) is 2.48. The molecule has 0 N–H and O–H groups in total. The second-order valence-corrected chi connectivity index (χ2v) is 5.32. The lowest BCUT2D eigenvalue weighted by molar-refractivity contribution is -0.138. The monoisotopic (exact) mass is 380 g/mol. The first-order valence-corrected chi connectivity index (χ1v) is 6.93. The number of rotatable bonds is 3. The Hall–Kier alpha value is -2.12. The van der Waals surface area contributed by atoms with Gasteiger partial charge in [0.2, 0.25) is 0 Å². The minimum absolute atomic E-state index is 0.0452. The molecule has 0 heterocycles. The first-order chi connectivity index (χ1) is 11.1. The van der Waals surface area contributed by atoms with Crippen LogP contribution in [0.4, 0.5) is 17.6 Å². The molecular formula is C15H6Cl2F4O3. The predicted molar refractivity (Wildman–Crippen MR) is 78.2 cm³/mol. The van der Waals surface area contributed by atoms with E-state index in [4.69, 9.17) is 27.9 Å². The Kier molecular flexibility index (Phi) is 5.15. The molecule has 0 amide bonds. The number of aldehydes is 1. The Morgan fingerprint density at radius 1 is 1.17 bits per heavy atom. The molecule has 2 aromatic rings. The summed E-state index contributed by atoms with van der Waals surface area (Å²) in [6.45, 7) is 0. The van der Waals surface area contributed by atoms with E-state index in [2.05, 4.69) is 0 Å². The highest BCUT2D eigenvalue weighted by Crippen LogP contribution is 2.36. The van der Waals surface area contributed by atoms with Gasteiger partial charge in [0.05, 0.1) is 16.1 Å². The zero-order valence-electron chi connectivity index (χ0n) is 11.5. The molecule has 2 rings (SSSR count). The number of alkyl halides is 3. The Labute approximate surface area is 142 Å². The van der Waals surface area contributed by atoms with Crippen molar-refractivity contribution in [1.82, 2.24) is 0 Å². The maximum Gasteiger partial charge on any atom is 0.417 e. The van der Waals surface area contributed by atoms with Crippen molar-refractivity contribution < 1.29 is 31.9 Å². The topological polar surface area (TPSA) is 43.4 Å². The summed E-state index contributed by atoms with van der Waals surface area (Å²) < 4.78 is 57.3. The van der Waals surface area contributed by atoms with Gasteiger partial charge in [0.15, 0.2) is 12.0 Å². The highest BCUT2D eigenvalue weighted by Gasteiger charge is 2.37. The van der Waals surface area contributed by atoms with E-state index in [0.717, 1.165) is 18.2 Å². The van der Waals surface area contributed by atoms with Gasteiger partial charge in [0, 0.05) is 5.02 Å². The molecule has 0 fully saturated rings. The smallest absolute Gasteiger partial charge is 0.417 e. The Balaban J connectivity index is 2.52. The molecule has 0 saturated carbocycles. The standard InChI is InChI=1S/C15H6Cl2F4O3/c16-8-4-7(6-22)13(10(17)5-8)24-14(23)12-9(15(19,20)21)2-1-3-11(12)18/h1-6H. The van der Waals surface area contributed by atoms with Crippen LogP contribution in [0, 0.1) is 5.82 Å². The SMILES string of the molecule is O=Cc1cc(Cl)cc(Cl)c1OC(=O)c1c(F)cccc1C(F)(F)F. The summed E-state index contributed by atoms with van der Waals surface area (Å²) in [5.74, 6) is -3.59. The van der Waals surface area contributed by atoms with Crippen molar-refractivity contribution in [1.29, 1.82) is 0 Å². The van der Waals surface area contributed by atoms with Crippen LogP contribution in [-0.4, -0.2) is 12.3 Å². The fourth-order valence-electron chi connectivity index (χ4n) is 1.89. The Morgan fingerprint density at radius 2 is 1.83 bits per heavy atom. The summed E-state index contributed by atoms with van der Waals surface area (Å²) in [4.78, 5) is 23.0. The molecule has 0 aromatic heterocycles. The Bertz CT molecular complexity index is 819. The number of hydrogen-bond acceptors (Lipinski definition) is 3. The zero-order chi connectivity index (χ0) is 18.1. The van der Waals surface area contributed by atoms with Gasteiger partial charge in [0.1, 0.15) is 11.4 Å². The first kappa shape index (κ1) is 18.2. The van der Waals surface area contributed by atoms with Crippen molar-refractivity contribution >= 4 is 35.5 Å². The molecule has 0 unspecified atom stereocenters. The van der Waals surface area contributed by atoms with E-state index in [1.807, 2.05) is 0 Å². The zero-order valence-corrected chi connectivity index (χ0v) is 13.0. The molecule has 0 atom stereocenters. The van der Waals surface area contributed by atoms with Crippen molar-refractivity contribution in [2.45, 2.75) is 6.18 Å². The fourth-order valence-corrected chi connectivity index (χ4v) is 2.43. The van der Waals surface area contributed by atoms with Crippen LogP contribution in [0.2, 0.25) is 10.0 Å². The minimum Gasteiger partial charge on any atom is -0.420 e. The summed E-state index contributed by atoms with van der Waals surface area (Å²) in [6, 6.07) is 4.22. The van der Waals surface area contributed by atoms with Crippen LogP contribution in [0.5, 0.6) is 5.75 Å². The summed E-state index contributed by atoms with van der Waals surface area (Å²) in [7, 11) is 0. The average molecular weight is 381 g/mol. The van der Waals surface area contributed by atoms with Crippen molar-refractivity contribution in [3.8, 4) is 5.75 Å². The molecule has 3 nitrogen and oxygen atoms in total. The number of halogens is 6. The normalized spacial score (nSPS) is 11.2. The van der Waals surface area contributed by atoms with Gasteiger partial charge >= 0.3 is 12.1 Å². The number of carbonyl (C=O) groups excluding carboxylic acids is 2. The van der Waals surface area contributed by atoms with Crippen LogP contribution in [0.25, 0.3) is 0 Å². The van der Waals surface area contributed by atoms with Crippen LogP contribution in [-0.2, 0) is 6.18 Å². The van der Waals surface area contributed by atoms with E-state index in [0.29, 0.717) is 12.1 Å². The summed E-state index contributed by atoms with van der Waals surface area (Å²) in [5, 5.41) is -0.244. The quantitative estimate of drug-likeness (QED) is 0.318. The number of hydrogen-bond donors (Lipinski definition) is 0. The lowest BCUT2D eigenvalue weighted by atomic mass is 10.1. The number of carbonyl (C=O) groups is 2. The van der Waals surface area contributed by atoms with Crippen LogP contribution in [0.15, 0.2) is 30.3 Å². The molecule has 0 aliphatic carbocycles. The van der Waals surface area contributed by atoms with Crippen molar-refractivity contribution in [3.63, 3.8) is 0 Å². The molecular weight excluding hydrogens is 375 g/mol. The third kappa shape index (κ3) is 3.68. The largest absolute Gasteiger partial charge is 0.420 e. The van der Waals surface area contributed by atoms with Gasteiger partial charge in [-0.25, -0.2) is 9.18 Å². The molecule has 0 aliphatic rings. The molecule has 0 saturated heterocycles. The second-order valence-electron chi connectivity index (χ2n) is 4.47. The Morgan fingerprint density at radius 3 is 2.42 bits per heavy atom. The van der Waals surface area contributed by atoms with Crippen molar-refractivity contribution in [2.75, 3.05) is 0 Å². The van der Waals surface area contributed by atoms with E-state index in [-0.39, 0.29) is 21.9 Å². The highest BCUT2D eigenvalue weighted by atomic mass is 35.5. The summed E-state index contributed by atoms with van der Waals surface area (Å²) >= 11 is 11.5. The maximum atomic E-state index is 13.8. The van der Waals surface area contributed by atoms with Crippen LogP contribution < -0.4 is 4.74 Å². The molecule has 126 valence electrons. The molecule has 0 aliphatic heterocycles. The van der Waals surface area contributed by atoms with E-state index in [9.17, 15) is 27.2 Å². The molecule has 0 bridgehead atoms. The number of benzene rings is 2. The van der Waals surface area contributed by atoms with Gasteiger partial charge < -0.3 is 4.74 Å². The van der Waals surface area contributed by atoms with Crippen LogP contribution >= 0.6 is 23.2 Å².